The fourth-order valence-corrected chi connectivity index (χ4v) is 4.60. The lowest BCUT2D eigenvalue weighted by Crippen LogP contribution is -2.47. The Morgan fingerprint density at radius 2 is 1.88 bits per heavy atom. The molecule has 1 aliphatic heterocycles. The second kappa shape index (κ2) is 10.6. The van der Waals surface area contributed by atoms with Crippen LogP contribution in [-0.4, -0.2) is 48.1 Å². The zero-order valence-electron chi connectivity index (χ0n) is 18.6. The van der Waals surface area contributed by atoms with E-state index >= 15 is 0 Å². The molecule has 0 spiro atoms. The fourth-order valence-electron chi connectivity index (χ4n) is 4.60. The molecule has 33 heavy (non-hydrogen) atoms. The molecule has 0 radical (unpaired) electrons. The number of nitrogens with zero attached hydrogens (tertiary/aromatic N) is 3. The van der Waals surface area contributed by atoms with Crippen molar-refractivity contribution in [2.75, 3.05) is 31.5 Å². The van der Waals surface area contributed by atoms with E-state index in [9.17, 15) is 13.6 Å². The van der Waals surface area contributed by atoms with E-state index in [1.54, 1.807) is 0 Å². The topological polar surface area (TPSA) is 59.4 Å². The van der Waals surface area contributed by atoms with E-state index in [1.807, 2.05) is 29.2 Å². The van der Waals surface area contributed by atoms with E-state index in [1.165, 1.54) is 24.5 Å². The van der Waals surface area contributed by atoms with Crippen LogP contribution in [0.3, 0.4) is 0 Å². The molecular weight excluding hydrogens is 422 g/mol. The maximum Gasteiger partial charge on any atom is 0.322 e. The number of hydrogen-bond acceptors (Lipinski definition) is 3. The average molecular weight is 451 g/mol. The first-order valence-electron chi connectivity index (χ1n) is 11.5. The minimum atomic E-state index is -0.982. The summed E-state index contributed by atoms with van der Waals surface area (Å²) in [6.45, 7) is 3.48. The Labute approximate surface area is 193 Å². The lowest BCUT2D eigenvalue weighted by Gasteiger charge is -2.35. The van der Waals surface area contributed by atoms with E-state index in [2.05, 4.69) is 22.4 Å². The van der Waals surface area contributed by atoms with Crippen molar-refractivity contribution >= 4 is 17.3 Å². The smallest absolute Gasteiger partial charge is 0.320 e. The Bertz CT molecular complexity index is 1050. The van der Waals surface area contributed by atoms with Crippen LogP contribution in [0.1, 0.15) is 43.2 Å². The maximum atomic E-state index is 13.6. The Balaban J connectivity index is 1.46. The van der Waals surface area contributed by atoms with Crippen LogP contribution in [0.4, 0.5) is 19.3 Å². The number of likely N-dealkylation sites (tertiary alicyclic amines) is 1. The number of carbonyl (C=O) groups is 1. The Morgan fingerprint density at radius 1 is 1.12 bits per heavy atom. The molecule has 2 amide bonds. The number of amides is 2. The number of carbonyl (C=O) groups excluding carboxylic acids is 1. The monoisotopic (exact) mass is 450 g/mol. The molecule has 4 rings (SSSR count). The second-order valence-corrected chi connectivity index (χ2v) is 8.65. The molecule has 1 aliphatic carbocycles. The predicted octanol–water partition coefficient (Wildman–Crippen LogP) is 5.40. The van der Waals surface area contributed by atoms with Crippen molar-refractivity contribution in [2.24, 2.45) is 0 Å². The summed E-state index contributed by atoms with van der Waals surface area (Å²) in [6, 6.07) is 12.8. The molecule has 1 atom stereocenters. The zero-order valence-corrected chi connectivity index (χ0v) is 18.6. The standard InChI is InChI=1S/C26H28F2N4O/c27-24-12-9-22(17-25(24)28)30-26(33)32(16-15-31-13-1-2-14-31)23-10-7-21(8-11-23)20-5-3-19(18-29)4-6-20/h3-7,9,12,17,23H,1-2,8,10-11,13-16H2,(H,30,33). The van der Waals surface area contributed by atoms with Gasteiger partial charge in [-0.05, 0) is 80.6 Å². The lowest BCUT2D eigenvalue weighted by atomic mass is 9.89. The van der Waals surface area contributed by atoms with Crippen LogP contribution in [0.15, 0.2) is 48.5 Å². The van der Waals surface area contributed by atoms with Gasteiger partial charge in [-0.3, -0.25) is 0 Å². The molecule has 0 aromatic heterocycles. The first-order valence-corrected chi connectivity index (χ1v) is 11.5. The minimum Gasteiger partial charge on any atom is -0.320 e. The summed E-state index contributed by atoms with van der Waals surface area (Å²) in [5, 5.41) is 11.7. The van der Waals surface area contributed by atoms with Crippen LogP contribution in [0, 0.1) is 23.0 Å². The van der Waals surface area contributed by atoms with E-state index in [-0.39, 0.29) is 17.8 Å². The largest absolute Gasteiger partial charge is 0.322 e. The normalized spacial score (nSPS) is 18.5. The number of nitriles is 1. The molecule has 5 nitrogen and oxygen atoms in total. The van der Waals surface area contributed by atoms with Gasteiger partial charge in [-0.1, -0.05) is 18.2 Å². The quantitative estimate of drug-likeness (QED) is 0.641. The number of allylic oxidation sites excluding steroid dienone is 1. The molecule has 0 saturated carbocycles. The molecule has 1 heterocycles. The van der Waals surface area contributed by atoms with Gasteiger partial charge in [0.2, 0.25) is 0 Å². The van der Waals surface area contributed by atoms with Crippen molar-refractivity contribution < 1.29 is 13.6 Å². The van der Waals surface area contributed by atoms with Crippen molar-refractivity contribution in [1.29, 1.82) is 5.26 Å². The Morgan fingerprint density at radius 3 is 2.52 bits per heavy atom. The van der Waals surface area contributed by atoms with E-state index in [0.29, 0.717) is 12.1 Å². The molecule has 1 N–H and O–H groups in total. The molecule has 1 saturated heterocycles. The molecule has 172 valence electrons. The van der Waals surface area contributed by atoms with Gasteiger partial charge in [0.1, 0.15) is 0 Å². The molecule has 1 fully saturated rings. The zero-order chi connectivity index (χ0) is 23.2. The first-order chi connectivity index (χ1) is 16.0. The molecule has 0 bridgehead atoms. The van der Waals surface area contributed by atoms with Gasteiger partial charge in [-0.15, -0.1) is 0 Å². The summed E-state index contributed by atoms with van der Waals surface area (Å²) >= 11 is 0. The van der Waals surface area contributed by atoms with Gasteiger partial charge in [-0.25, -0.2) is 13.6 Å². The number of halogens is 2. The minimum absolute atomic E-state index is 0.0278. The maximum absolute atomic E-state index is 13.6. The summed E-state index contributed by atoms with van der Waals surface area (Å²) in [5.41, 5.74) is 3.20. The number of rotatable bonds is 6. The lowest BCUT2D eigenvalue weighted by molar-refractivity contribution is 0.170. The number of benzene rings is 2. The van der Waals surface area contributed by atoms with Crippen LogP contribution in [0.5, 0.6) is 0 Å². The second-order valence-electron chi connectivity index (χ2n) is 8.65. The average Bonchev–Trinajstić information content (AvgIpc) is 3.36. The predicted molar refractivity (Wildman–Crippen MR) is 125 cm³/mol. The SMILES string of the molecule is N#Cc1ccc(C2=CCC(N(CCN3CCCC3)C(=O)Nc3ccc(F)c(F)c3)CC2)cc1. The summed E-state index contributed by atoms with van der Waals surface area (Å²) in [5.74, 6) is -1.92. The third-order valence-electron chi connectivity index (χ3n) is 6.50. The highest BCUT2D eigenvalue weighted by molar-refractivity contribution is 5.89. The first kappa shape index (κ1) is 22.9. The highest BCUT2D eigenvalue weighted by Crippen LogP contribution is 2.30. The third-order valence-corrected chi connectivity index (χ3v) is 6.50. The highest BCUT2D eigenvalue weighted by Gasteiger charge is 2.27. The van der Waals surface area contributed by atoms with Crippen LogP contribution in [0.2, 0.25) is 0 Å². The molecular formula is C26H28F2N4O. The van der Waals surface area contributed by atoms with Gasteiger partial charge in [0.05, 0.1) is 11.6 Å². The number of anilines is 1. The number of hydrogen-bond donors (Lipinski definition) is 1. The Hall–Kier alpha value is -3.24. The molecule has 1 unspecified atom stereocenters. The van der Waals surface area contributed by atoms with Crippen LogP contribution >= 0.6 is 0 Å². The molecule has 7 heteroatoms. The van der Waals surface area contributed by atoms with Gasteiger partial charge >= 0.3 is 6.03 Å². The highest BCUT2D eigenvalue weighted by atomic mass is 19.2. The summed E-state index contributed by atoms with van der Waals surface area (Å²) in [6.07, 6.45) is 6.90. The van der Waals surface area contributed by atoms with Gasteiger partial charge in [-0.2, -0.15) is 5.26 Å². The van der Waals surface area contributed by atoms with Gasteiger partial charge in [0, 0.05) is 30.9 Å². The Kier molecular flexibility index (Phi) is 7.36. The van der Waals surface area contributed by atoms with Crippen LogP contribution in [0.25, 0.3) is 5.57 Å². The van der Waals surface area contributed by atoms with Crippen molar-refractivity contribution in [3.63, 3.8) is 0 Å². The summed E-state index contributed by atoms with van der Waals surface area (Å²) in [4.78, 5) is 17.4. The third kappa shape index (κ3) is 5.77. The fraction of sp³-hybridized carbons (Fsp3) is 0.385. The van der Waals surface area contributed by atoms with Crippen molar-refractivity contribution in [2.45, 2.75) is 38.1 Å². The van der Waals surface area contributed by atoms with Crippen LogP contribution in [-0.2, 0) is 0 Å². The number of nitrogens with one attached hydrogen (secondary N) is 1. The van der Waals surface area contributed by atoms with E-state index < -0.39 is 11.6 Å². The van der Waals surface area contributed by atoms with Crippen molar-refractivity contribution in [1.82, 2.24) is 9.80 Å². The number of urea groups is 1. The summed E-state index contributed by atoms with van der Waals surface area (Å²) < 4.78 is 26.9. The van der Waals surface area contributed by atoms with Crippen molar-refractivity contribution in [3.05, 3.63) is 71.3 Å². The van der Waals surface area contributed by atoms with Gasteiger partial charge in [0.15, 0.2) is 11.6 Å². The molecule has 2 aliphatic rings. The summed E-state index contributed by atoms with van der Waals surface area (Å²) in [7, 11) is 0. The van der Waals surface area contributed by atoms with Gasteiger partial charge < -0.3 is 15.1 Å². The van der Waals surface area contributed by atoms with E-state index in [4.69, 9.17) is 5.26 Å². The van der Waals surface area contributed by atoms with Gasteiger partial charge in [0.25, 0.3) is 0 Å². The van der Waals surface area contributed by atoms with E-state index in [0.717, 1.165) is 56.6 Å². The molecule has 2 aromatic carbocycles. The van der Waals surface area contributed by atoms with Crippen LogP contribution < -0.4 is 5.32 Å². The molecule has 2 aromatic rings. The van der Waals surface area contributed by atoms with Crippen molar-refractivity contribution in [3.8, 4) is 6.07 Å².